The van der Waals surface area contributed by atoms with E-state index in [-0.39, 0.29) is 18.3 Å². The molecule has 2 heterocycles. The summed E-state index contributed by atoms with van der Waals surface area (Å²) in [4.78, 5) is 4.97. The second-order valence-corrected chi connectivity index (χ2v) is 9.15. The van der Waals surface area contributed by atoms with Gasteiger partial charge in [0.15, 0.2) is 0 Å². The molecule has 1 fully saturated rings. The third kappa shape index (κ3) is 4.46. The molecule has 1 aliphatic rings. The van der Waals surface area contributed by atoms with E-state index in [0.717, 1.165) is 27.6 Å². The van der Waals surface area contributed by atoms with Crippen molar-refractivity contribution in [3.63, 3.8) is 0 Å². The highest BCUT2D eigenvalue weighted by atomic mass is 16.7. The third-order valence-corrected chi connectivity index (χ3v) is 6.51. The molecule has 0 amide bonds. The summed E-state index contributed by atoms with van der Waals surface area (Å²) in [5.74, 6) is 0. The predicted molar refractivity (Wildman–Crippen MR) is 140 cm³/mol. The molecular weight excluding hydrogens is 405 g/mol. The number of aromatic nitrogens is 1. The van der Waals surface area contributed by atoms with Crippen molar-refractivity contribution >= 4 is 23.5 Å². The molecule has 0 unspecified atom stereocenters. The zero-order chi connectivity index (χ0) is 23.6. The Bertz CT molecular complexity index is 1230. The number of hydrogen-bond acceptors (Lipinski definition) is 3. The average molecular weight is 437 g/mol. The van der Waals surface area contributed by atoms with Gasteiger partial charge in [0, 0.05) is 5.39 Å². The van der Waals surface area contributed by atoms with Crippen LogP contribution in [0.2, 0.25) is 0 Å². The molecule has 1 aliphatic heterocycles. The summed E-state index contributed by atoms with van der Waals surface area (Å²) in [6.07, 6.45) is 0. The number of rotatable bonds is 3. The molecule has 0 atom stereocenters. The van der Waals surface area contributed by atoms with Crippen LogP contribution in [0.5, 0.6) is 0 Å². The van der Waals surface area contributed by atoms with Crippen LogP contribution in [-0.2, 0) is 9.31 Å². The van der Waals surface area contributed by atoms with Gasteiger partial charge in [-0.2, -0.15) is 0 Å². The Morgan fingerprint density at radius 2 is 1.27 bits per heavy atom. The van der Waals surface area contributed by atoms with Crippen molar-refractivity contribution in [2.45, 2.75) is 52.7 Å². The first kappa shape index (κ1) is 23.2. The second kappa shape index (κ2) is 9.13. The minimum atomic E-state index is -0.390. The summed E-state index contributed by atoms with van der Waals surface area (Å²) in [6, 6.07) is 29.3. The highest BCUT2D eigenvalue weighted by Gasteiger charge is 2.51. The van der Waals surface area contributed by atoms with Crippen molar-refractivity contribution in [2.24, 2.45) is 0 Å². The van der Waals surface area contributed by atoms with Gasteiger partial charge in [0.2, 0.25) is 0 Å². The molecule has 3 nitrogen and oxygen atoms in total. The lowest BCUT2D eigenvalue weighted by Gasteiger charge is -2.32. The van der Waals surface area contributed by atoms with Crippen LogP contribution in [-0.4, -0.2) is 23.3 Å². The first-order chi connectivity index (χ1) is 15.8. The van der Waals surface area contributed by atoms with Crippen LogP contribution in [0.25, 0.3) is 33.3 Å². The molecule has 0 bridgehead atoms. The lowest BCUT2D eigenvalue weighted by molar-refractivity contribution is 0.00578. The van der Waals surface area contributed by atoms with Crippen LogP contribution in [0.1, 0.15) is 41.5 Å². The smallest absolute Gasteiger partial charge is 0.399 e. The summed E-state index contributed by atoms with van der Waals surface area (Å²) in [5, 5.41) is 1.15. The van der Waals surface area contributed by atoms with Gasteiger partial charge in [-0.3, -0.25) is 0 Å². The number of benzene rings is 3. The zero-order valence-electron chi connectivity index (χ0n) is 20.4. The van der Waals surface area contributed by atoms with Gasteiger partial charge in [-0.15, -0.1) is 0 Å². The van der Waals surface area contributed by atoms with Crippen molar-refractivity contribution in [2.75, 3.05) is 0 Å². The van der Waals surface area contributed by atoms with Crippen LogP contribution < -0.4 is 5.46 Å². The van der Waals surface area contributed by atoms with Crippen molar-refractivity contribution in [3.05, 3.63) is 84.9 Å². The molecule has 168 valence electrons. The third-order valence-electron chi connectivity index (χ3n) is 6.51. The van der Waals surface area contributed by atoms with Gasteiger partial charge in [-0.25, -0.2) is 4.98 Å². The highest BCUT2D eigenvalue weighted by Crippen LogP contribution is 2.37. The number of pyridine rings is 1. The van der Waals surface area contributed by atoms with E-state index in [1.54, 1.807) is 0 Å². The number of para-hydroxylation sites is 1. The van der Waals surface area contributed by atoms with Crippen molar-refractivity contribution in [1.29, 1.82) is 0 Å². The Morgan fingerprint density at radius 3 is 1.97 bits per heavy atom. The molecule has 1 saturated heterocycles. The summed E-state index contributed by atoms with van der Waals surface area (Å²) in [6.45, 7) is 12.3. The quantitative estimate of drug-likeness (QED) is 0.327. The van der Waals surface area contributed by atoms with Gasteiger partial charge in [0.1, 0.15) is 0 Å². The fourth-order valence-electron chi connectivity index (χ4n) is 4.00. The summed E-state index contributed by atoms with van der Waals surface area (Å²) in [7, 11) is -0.390. The fourth-order valence-corrected chi connectivity index (χ4v) is 4.00. The maximum absolute atomic E-state index is 6.26. The number of hydrogen-bond donors (Lipinski definition) is 0. The molecule has 33 heavy (non-hydrogen) atoms. The molecular formula is C29H32BNO2. The Kier molecular flexibility index (Phi) is 6.42. The van der Waals surface area contributed by atoms with Crippen LogP contribution in [0.3, 0.4) is 0 Å². The topological polar surface area (TPSA) is 31.4 Å². The lowest BCUT2D eigenvalue weighted by atomic mass is 9.78. The largest absolute Gasteiger partial charge is 0.494 e. The summed E-state index contributed by atoms with van der Waals surface area (Å²) < 4.78 is 12.5. The number of nitrogens with zero attached hydrogens (tertiary/aromatic N) is 1. The van der Waals surface area contributed by atoms with Gasteiger partial charge < -0.3 is 9.31 Å². The average Bonchev–Trinajstić information content (AvgIpc) is 3.07. The normalized spacial score (nSPS) is 16.4. The van der Waals surface area contributed by atoms with Crippen LogP contribution in [0.15, 0.2) is 84.9 Å². The minimum Gasteiger partial charge on any atom is -0.399 e. The second-order valence-electron chi connectivity index (χ2n) is 9.15. The lowest BCUT2D eigenvalue weighted by Crippen LogP contribution is -2.41. The van der Waals surface area contributed by atoms with Crippen LogP contribution in [0, 0.1) is 0 Å². The first-order valence-corrected chi connectivity index (χ1v) is 11.8. The summed E-state index contributed by atoms with van der Waals surface area (Å²) >= 11 is 0. The Balaban J connectivity index is 0.00000126. The first-order valence-electron chi connectivity index (χ1n) is 11.8. The van der Waals surface area contributed by atoms with Gasteiger partial charge in [0.05, 0.1) is 22.4 Å². The van der Waals surface area contributed by atoms with E-state index in [9.17, 15) is 0 Å². The van der Waals surface area contributed by atoms with E-state index in [4.69, 9.17) is 14.3 Å². The summed E-state index contributed by atoms with van der Waals surface area (Å²) in [5.41, 5.74) is 5.62. The SMILES string of the molecule is CC.CC1(C)OB(c2cccc(-c3cc(-c4ccccc4)c4ccccc4n3)c2)OC1(C)C. The van der Waals surface area contributed by atoms with E-state index < -0.39 is 0 Å². The van der Waals surface area contributed by atoms with Crippen molar-refractivity contribution in [1.82, 2.24) is 4.98 Å². The molecule has 3 aromatic carbocycles. The van der Waals surface area contributed by atoms with Gasteiger partial charge >= 0.3 is 7.12 Å². The molecule has 0 saturated carbocycles. The van der Waals surface area contributed by atoms with E-state index in [1.807, 2.05) is 26.0 Å². The fraction of sp³-hybridized carbons (Fsp3) is 0.276. The van der Waals surface area contributed by atoms with Gasteiger partial charge in [0.25, 0.3) is 0 Å². The van der Waals surface area contributed by atoms with Gasteiger partial charge in [-0.1, -0.05) is 86.6 Å². The van der Waals surface area contributed by atoms with E-state index in [0.29, 0.717) is 0 Å². The molecule has 0 spiro atoms. The highest BCUT2D eigenvalue weighted by molar-refractivity contribution is 6.62. The van der Waals surface area contributed by atoms with Crippen LogP contribution in [0.4, 0.5) is 0 Å². The Hall–Kier alpha value is -2.95. The Morgan fingerprint density at radius 1 is 0.667 bits per heavy atom. The standard InChI is InChI=1S/C27H26BNO2.C2H6/c1-26(2)27(3,4)31-28(30-26)21-14-10-13-20(17-21)25-18-23(19-11-6-5-7-12-19)22-15-8-9-16-24(22)29-25;1-2/h5-18H,1-4H3;1-2H3. The molecule has 5 rings (SSSR count). The molecule has 1 aromatic heterocycles. The minimum absolute atomic E-state index is 0.366. The molecule has 4 aromatic rings. The van der Waals surface area contributed by atoms with Crippen molar-refractivity contribution < 1.29 is 9.31 Å². The molecule has 0 radical (unpaired) electrons. The van der Waals surface area contributed by atoms with Crippen molar-refractivity contribution in [3.8, 4) is 22.4 Å². The van der Waals surface area contributed by atoms with Crippen LogP contribution >= 0.6 is 0 Å². The monoisotopic (exact) mass is 437 g/mol. The predicted octanol–water partition coefficient (Wildman–Crippen LogP) is 6.89. The van der Waals surface area contributed by atoms with E-state index >= 15 is 0 Å². The van der Waals surface area contributed by atoms with Gasteiger partial charge in [-0.05, 0) is 62.0 Å². The Labute approximate surface area is 197 Å². The maximum Gasteiger partial charge on any atom is 0.494 e. The molecule has 0 N–H and O–H groups in total. The molecule has 4 heteroatoms. The van der Waals surface area contributed by atoms with E-state index in [2.05, 4.69) is 100 Å². The maximum atomic E-state index is 6.26. The van der Waals surface area contributed by atoms with E-state index in [1.165, 1.54) is 11.1 Å². The molecule has 0 aliphatic carbocycles. The number of fused-ring (bicyclic) bond motifs is 1. The zero-order valence-corrected chi connectivity index (χ0v) is 20.4.